The van der Waals surface area contributed by atoms with Gasteiger partial charge < -0.3 is 14.7 Å². The molecule has 1 atom stereocenters. The SMILES string of the molecule is CCN(C(=O)C1CC(=O)N(Cc2cccc(F)c2)C1)C1CCN(C)CC1. The summed E-state index contributed by atoms with van der Waals surface area (Å²) < 4.78 is 13.4. The van der Waals surface area contributed by atoms with Crippen LogP contribution in [-0.2, 0) is 16.1 Å². The zero-order chi connectivity index (χ0) is 18.7. The van der Waals surface area contributed by atoms with E-state index >= 15 is 0 Å². The lowest BCUT2D eigenvalue weighted by molar-refractivity contribution is -0.138. The average molecular weight is 361 g/mol. The van der Waals surface area contributed by atoms with Crippen LogP contribution in [0.2, 0.25) is 0 Å². The number of amides is 2. The molecule has 0 N–H and O–H groups in total. The van der Waals surface area contributed by atoms with Crippen molar-refractivity contribution < 1.29 is 14.0 Å². The number of carbonyl (C=O) groups excluding carboxylic acids is 2. The van der Waals surface area contributed by atoms with Crippen molar-refractivity contribution in [2.45, 2.75) is 38.8 Å². The highest BCUT2D eigenvalue weighted by molar-refractivity contribution is 5.89. The van der Waals surface area contributed by atoms with Gasteiger partial charge in [0.25, 0.3) is 0 Å². The predicted molar refractivity (Wildman–Crippen MR) is 97.8 cm³/mol. The van der Waals surface area contributed by atoms with Crippen molar-refractivity contribution in [3.8, 4) is 0 Å². The molecule has 1 aromatic rings. The van der Waals surface area contributed by atoms with Gasteiger partial charge in [0.1, 0.15) is 5.82 Å². The van der Waals surface area contributed by atoms with E-state index in [1.54, 1.807) is 11.0 Å². The number of hydrogen-bond donors (Lipinski definition) is 0. The van der Waals surface area contributed by atoms with E-state index in [-0.39, 0.29) is 36.0 Å². The van der Waals surface area contributed by atoms with Crippen molar-refractivity contribution in [1.82, 2.24) is 14.7 Å². The summed E-state index contributed by atoms with van der Waals surface area (Å²) in [6.07, 6.45) is 2.24. The number of likely N-dealkylation sites (tertiary alicyclic amines) is 2. The minimum atomic E-state index is -0.304. The predicted octanol–water partition coefficient (Wildman–Crippen LogP) is 2.12. The third-order valence-electron chi connectivity index (χ3n) is 5.58. The molecule has 0 saturated carbocycles. The number of benzene rings is 1. The first-order valence-corrected chi connectivity index (χ1v) is 9.49. The Bertz CT molecular complexity index is 658. The summed E-state index contributed by atoms with van der Waals surface area (Å²) in [6.45, 7) is 5.49. The minimum Gasteiger partial charge on any atom is -0.340 e. The second-order valence-electron chi connectivity index (χ2n) is 7.46. The molecule has 0 aromatic heterocycles. The van der Waals surface area contributed by atoms with E-state index < -0.39 is 0 Å². The first-order chi connectivity index (χ1) is 12.5. The Morgan fingerprint density at radius 3 is 2.69 bits per heavy atom. The molecule has 2 fully saturated rings. The first-order valence-electron chi connectivity index (χ1n) is 9.49. The molecule has 0 radical (unpaired) electrons. The smallest absolute Gasteiger partial charge is 0.228 e. The van der Waals surface area contributed by atoms with Crippen molar-refractivity contribution >= 4 is 11.8 Å². The van der Waals surface area contributed by atoms with Gasteiger partial charge in [0, 0.05) is 32.1 Å². The van der Waals surface area contributed by atoms with Crippen LogP contribution in [0, 0.1) is 11.7 Å². The van der Waals surface area contributed by atoms with Crippen LogP contribution >= 0.6 is 0 Å². The Balaban J connectivity index is 1.62. The van der Waals surface area contributed by atoms with Crippen LogP contribution in [0.5, 0.6) is 0 Å². The molecular weight excluding hydrogens is 333 g/mol. The summed E-state index contributed by atoms with van der Waals surface area (Å²) in [5.74, 6) is -0.513. The summed E-state index contributed by atoms with van der Waals surface area (Å²) in [4.78, 5) is 31.3. The molecule has 2 saturated heterocycles. The Kier molecular flexibility index (Phi) is 5.91. The quantitative estimate of drug-likeness (QED) is 0.807. The molecule has 5 nitrogen and oxygen atoms in total. The highest BCUT2D eigenvalue weighted by Gasteiger charge is 2.38. The number of hydrogen-bond acceptors (Lipinski definition) is 3. The van der Waals surface area contributed by atoms with Crippen LogP contribution in [0.1, 0.15) is 31.7 Å². The molecule has 6 heteroatoms. The molecule has 26 heavy (non-hydrogen) atoms. The second-order valence-corrected chi connectivity index (χ2v) is 7.46. The Morgan fingerprint density at radius 1 is 1.31 bits per heavy atom. The first kappa shape index (κ1) is 18.8. The fourth-order valence-corrected chi connectivity index (χ4v) is 4.08. The third kappa shape index (κ3) is 4.23. The van der Waals surface area contributed by atoms with Crippen LogP contribution in [0.4, 0.5) is 4.39 Å². The van der Waals surface area contributed by atoms with Crippen LogP contribution in [0.25, 0.3) is 0 Å². The van der Waals surface area contributed by atoms with Gasteiger partial charge in [-0.3, -0.25) is 9.59 Å². The Hall–Kier alpha value is -1.95. The van der Waals surface area contributed by atoms with Gasteiger partial charge in [0.2, 0.25) is 11.8 Å². The van der Waals surface area contributed by atoms with Gasteiger partial charge in [-0.25, -0.2) is 4.39 Å². The molecule has 2 aliphatic heterocycles. The molecule has 0 bridgehead atoms. The maximum atomic E-state index is 13.4. The molecule has 1 aromatic carbocycles. The maximum Gasteiger partial charge on any atom is 0.228 e. The summed E-state index contributed by atoms with van der Waals surface area (Å²) >= 11 is 0. The number of rotatable bonds is 5. The molecule has 1 unspecified atom stereocenters. The summed E-state index contributed by atoms with van der Waals surface area (Å²) in [5, 5.41) is 0. The van der Waals surface area contributed by atoms with Crippen LogP contribution in [0.15, 0.2) is 24.3 Å². The number of nitrogens with zero attached hydrogens (tertiary/aromatic N) is 3. The van der Waals surface area contributed by atoms with Crippen molar-refractivity contribution in [2.75, 3.05) is 33.2 Å². The molecule has 2 aliphatic rings. The van der Waals surface area contributed by atoms with Crippen molar-refractivity contribution in [3.05, 3.63) is 35.6 Å². The highest BCUT2D eigenvalue weighted by atomic mass is 19.1. The van der Waals surface area contributed by atoms with Gasteiger partial charge >= 0.3 is 0 Å². The van der Waals surface area contributed by atoms with E-state index in [2.05, 4.69) is 11.9 Å². The van der Waals surface area contributed by atoms with Gasteiger partial charge in [0.15, 0.2) is 0 Å². The van der Waals surface area contributed by atoms with E-state index in [4.69, 9.17) is 0 Å². The normalized spacial score (nSPS) is 22.0. The molecule has 142 valence electrons. The summed E-state index contributed by atoms with van der Waals surface area (Å²) in [7, 11) is 2.11. The summed E-state index contributed by atoms with van der Waals surface area (Å²) in [6, 6.07) is 6.56. The highest BCUT2D eigenvalue weighted by Crippen LogP contribution is 2.25. The maximum absolute atomic E-state index is 13.4. The van der Waals surface area contributed by atoms with Gasteiger partial charge in [0.05, 0.1) is 5.92 Å². The second kappa shape index (κ2) is 8.16. The fraction of sp³-hybridized carbons (Fsp3) is 0.600. The van der Waals surface area contributed by atoms with Crippen molar-refractivity contribution in [3.63, 3.8) is 0 Å². The molecule has 0 spiro atoms. The molecule has 0 aliphatic carbocycles. The van der Waals surface area contributed by atoms with E-state index in [9.17, 15) is 14.0 Å². The largest absolute Gasteiger partial charge is 0.340 e. The lowest BCUT2D eigenvalue weighted by Crippen LogP contribution is -2.48. The van der Waals surface area contributed by atoms with E-state index in [0.29, 0.717) is 19.6 Å². The van der Waals surface area contributed by atoms with Gasteiger partial charge in [-0.1, -0.05) is 12.1 Å². The van der Waals surface area contributed by atoms with E-state index in [1.165, 1.54) is 12.1 Å². The van der Waals surface area contributed by atoms with Gasteiger partial charge in [-0.2, -0.15) is 0 Å². The number of carbonyl (C=O) groups is 2. The average Bonchev–Trinajstić information content (AvgIpc) is 2.98. The van der Waals surface area contributed by atoms with Crippen molar-refractivity contribution in [2.24, 2.45) is 5.92 Å². The lowest BCUT2D eigenvalue weighted by Gasteiger charge is -2.38. The number of halogens is 1. The molecule has 2 amide bonds. The third-order valence-corrected chi connectivity index (χ3v) is 5.58. The fourth-order valence-electron chi connectivity index (χ4n) is 4.08. The zero-order valence-electron chi connectivity index (χ0n) is 15.7. The molecule has 3 rings (SSSR count). The van der Waals surface area contributed by atoms with Crippen molar-refractivity contribution in [1.29, 1.82) is 0 Å². The van der Waals surface area contributed by atoms with E-state index in [1.807, 2.05) is 17.9 Å². The Labute approximate surface area is 154 Å². The Morgan fingerprint density at radius 2 is 2.04 bits per heavy atom. The topological polar surface area (TPSA) is 43.9 Å². The van der Waals surface area contributed by atoms with Gasteiger partial charge in [-0.15, -0.1) is 0 Å². The van der Waals surface area contributed by atoms with E-state index in [0.717, 1.165) is 31.5 Å². The van der Waals surface area contributed by atoms with Crippen LogP contribution < -0.4 is 0 Å². The zero-order valence-corrected chi connectivity index (χ0v) is 15.7. The van der Waals surface area contributed by atoms with Crippen LogP contribution in [0.3, 0.4) is 0 Å². The minimum absolute atomic E-state index is 0.0213. The molecule has 2 heterocycles. The monoisotopic (exact) mass is 361 g/mol. The van der Waals surface area contributed by atoms with Crippen LogP contribution in [-0.4, -0.2) is 65.8 Å². The van der Waals surface area contributed by atoms with Gasteiger partial charge in [-0.05, 0) is 57.6 Å². The number of piperidine rings is 1. The standard InChI is InChI=1S/C20H28FN3O2/c1-3-24(18-7-9-22(2)10-8-18)20(26)16-12-19(25)23(14-16)13-15-5-4-6-17(21)11-15/h4-6,11,16,18H,3,7-10,12-14H2,1-2H3. The summed E-state index contributed by atoms with van der Waals surface area (Å²) in [5.41, 5.74) is 0.758. The lowest BCUT2D eigenvalue weighted by atomic mass is 10.00. The molecular formula is C20H28FN3O2.